The lowest BCUT2D eigenvalue weighted by atomic mass is 10.1. The molecule has 154 valence electrons. The second kappa shape index (κ2) is 7.32. The largest absolute Gasteiger partial charge is 0.506 e. The van der Waals surface area contributed by atoms with Crippen LogP contribution in [0, 0.1) is 0 Å². The zero-order chi connectivity index (χ0) is 21.5. The van der Waals surface area contributed by atoms with Gasteiger partial charge in [0.2, 0.25) is 0 Å². The van der Waals surface area contributed by atoms with E-state index < -0.39 is 11.5 Å². The van der Waals surface area contributed by atoms with Crippen LogP contribution in [0.5, 0.6) is 17.2 Å². The Morgan fingerprint density at radius 2 is 1.71 bits per heavy atom. The average Bonchev–Trinajstić information content (AvgIpc) is 3.22. The molecule has 0 aliphatic carbocycles. The third-order valence-corrected chi connectivity index (χ3v) is 5.66. The third-order valence-electron chi connectivity index (χ3n) is 5.66. The molecule has 0 saturated carbocycles. The number of carbonyl (C=O) groups is 1. The van der Waals surface area contributed by atoms with Gasteiger partial charge in [0, 0.05) is 24.7 Å². The number of anilines is 1. The predicted octanol–water partition coefficient (Wildman–Crippen LogP) is 4.24. The summed E-state index contributed by atoms with van der Waals surface area (Å²) in [5, 5.41) is 11.4. The molecule has 6 heteroatoms. The quantitative estimate of drug-likeness (QED) is 0.546. The highest BCUT2D eigenvalue weighted by Crippen LogP contribution is 2.34. The van der Waals surface area contributed by atoms with Crippen molar-refractivity contribution in [3.8, 4) is 17.2 Å². The number of rotatable bonds is 3. The van der Waals surface area contributed by atoms with E-state index in [-0.39, 0.29) is 11.3 Å². The summed E-state index contributed by atoms with van der Waals surface area (Å²) in [5.41, 5.74) is 1.57. The molecule has 1 aromatic heterocycles. The van der Waals surface area contributed by atoms with Gasteiger partial charge in [-0.05, 0) is 48.4 Å². The van der Waals surface area contributed by atoms with E-state index in [2.05, 4.69) is 0 Å². The fraction of sp³-hybridized carbons (Fsp3) is 0.120. The first-order chi connectivity index (χ1) is 15.0. The third kappa shape index (κ3) is 3.13. The molecular formula is C25H20N2O4. The number of aryl methyl sites for hydroxylation is 1. The summed E-state index contributed by atoms with van der Waals surface area (Å²) >= 11 is 0. The number of hydrogen-bond donors (Lipinski definition) is 1. The highest BCUT2D eigenvalue weighted by molar-refractivity contribution is 6.11. The van der Waals surface area contributed by atoms with Crippen molar-refractivity contribution < 1.29 is 14.6 Å². The van der Waals surface area contributed by atoms with Crippen molar-refractivity contribution in [3.63, 3.8) is 0 Å². The number of pyridine rings is 1. The SMILES string of the molecule is Cn1c(=O)c(C(=O)N2CCc3ccccc32)c(O)c2cc(Oc3ccccc3)ccc21. The van der Waals surface area contributed by atoms with E-state index in [0.29, 0.717) is 35.4 Å². The number of fused-ring (bicyclic) bond motifs is 2. The van der Waals surface area contributed by atoms with Crippen molar-refractivity contribution in [2.24, 2.45) is 7.05 Å². The molecule has 4 aromatic rings. The zero-order valence-electron chi connectivity index (χ0n) is 16.9. The van der Waals surface area contributed by atoms with Crippen LogP contribution in [0.4, 0.5) is 5.69 Å². The first kappa shape index (κ1) is 18.9. The second-order valence-electron chi connectivity index (χ2n) is 7.52. The summed E-state index contributed by atoms with van der Waals surface area (Å²) in [6, 6.07) is 21.9. The Kier molecular flexibility index (Phi) is 4.47. The van der Waals surface area contributed by atoms with Crippen LogP contribution in [0.25, 0.3) is 10.9 Å². The minimum Gasteiger partial charge on any atom is -0.506 e. The van der Waals surface area contributed by atoms with Crippen molar-refractivity contribution in [3.05, 3.63) is 94.3 Å². The van der Waals surface area contributed by atoms with Crippen molar-refractivity contribution in [2.45, 2.75) is 6.42 Å². The Morgan fingerprint density at radius 3 is 2.52 bits per heavy atom. The van der Waals surface area contributed by atoms with Gasteiger partial charge < -0.3 is 19.3 Å². The van der Waals surface area contributed by atoms with Gasteiger partial charge in [-0.15, -0.1) is 0 Å². The second-order valence-corrected chi connectivity index (χ2v) is 7.52. The van der Waals surface area contributed by atoms with E-state index in [0.717, 1.165) is 11.3 Å². The number of para-hydroxylation sites is 2. The molecule has 6 nitrogen and oxygen atoms in total. The predicted molar refractivity (Wildman–Crippen MR) is 119 cm³/mol. The molecule has 0 unspecified atom stereocenters. The summed E-state index contributed by atoms with van der Waals surface area (Å²) in [7, 11) is 1.59. The maximum absolute atomic E-state index is 13.3. The summed E-state index contributed by atoms with van der Waals surface area (Å²) in [5.74, 6) is 0.319. The van der Waals surface area contributed by atoms with Crippen LogP contribution >= 0.6 is 0 Å². The number of aromatic hydroxyl groups is 1. The van der Waals surface area contributed by atoms with E-state index in [1.807, 2.05) is 54.6 Å². The maximum atomic E-state index is 13.3. The minimum absolute atomic E-state index is 0.233. The Bertz CT molecular complexity index is 1380. The summed E-state index contributed by atoms with van der Waals surface area (Å²) in [6.07, 6.45) is 0.714. The molecule has 0 spiro atoms. The van der Waals surface area contributed by atoms with E-state index in [1.54, 1.807) is 30.1 Å². The lowest BCUT2D eigenvalue weighted by Gasteiger charge is -2.19. The number of carbonyl (C=O) groups excluding carboxylic acids is 1. The number of hydrogen-bond acceptors (Lipinski definition) is 4. The lowest BCUT2D eigenvalue weighted by Crippen LogP contribution is -2.35. The van der Waals surface area contributed by atoms with Crippen LogP contribution in [0.1, 0.15) is 15.9 Å². The Hall–Kier alpha value is -4.06. The van der Waals surface area contributed by atoms with Gasteiger partial charge in [-0.1, -0.05) is 36.4 Å². The first-order valence-corrected chi connectivity index (χ1v) is 10.0. The summed E-state index contributed by atoms with van der Waals surface area (Å²) in [4.78, 5) is 27.9. The monoisotopic (exact) mass is 412 g/mol. The molecule has 1 amide bonds. The zero-order valence-corrected chi connectivity index (χ0v) is 16.9. The molecule has 0 bridgehead atoms. The average molecular weight is 412 g/mol. The topological polar surface area (TPSA) is 71.8 Å². The normalized spacial score (nSPS) is 12.7. The van der Waals surface area contributed by atoms with Crippen LogP contribution in [0.3, 0.4) is 0 Å². The van der Waals surface area contributed by atoms with Gasteiger partial charge in [0.05, 0.1) is 5.52 Å². The smallest absolute Gasteiger partial charge is 0.267 e. The van der Waals surface area contributed by atoms with Crippen LogP contribution in [0.15, 0.2) is 77.6 Å². The van der Waals surface area contributed by atoms with Crippen molar-refractivity contribution in [2.75, 3.05) is 11.4 Å². The molecule has 31 heavy (non-hydrogen) atoms. The van der Waals surface area contributed by atoms with E-state index in [1.165, 1.54) is 4.57 Å². The van der Waals surface area contributed by atoms with Gasteiger partial charge in [0.15, 0.2) is 0 Å². The van der Waals surface area contributed by atoms with Gasteiger partial charge in [-0.3, -0.25) is 9.59 Å². The molecule has 5 rings (SSSR count). The minimum atomic E-state index is -0.531. The van der Waals surface area contributed by atoms with E-state index >= 15 is 0 Å². The Balaban J connectivity index is 1.61. The molecule has 0 atom stereocenters. The van der Waals surface area contributed by atoms with Crippen molar-refractivity contribution in [1.82, 2.24) is 4.57 Å². The summed E-state index contributed by atoms with van der Waals surface area (Å²) < 4.78 is 7.25. The van der Waals surface area contributed by atoms with Gasteiger partial charge >= 0.3 is 0 Å². The number of amides is 1. The number of benzene rings is 3. The molecule has 1 aliphatic heterocycles. The highest BCUT2D eigenvalue weighted by atomic mass is 16.5. The van der Waals surface area contributed by atoms with Gasteiger partial charge in [-0.2, -0.15) is 0 Å². The fourth-order valence-corrected chi connectivity index (χ4v) is 4.08. The lowest BCUT2D eigenvalue weighted by molar-refractivity contribution is 0.0985. The maximum Gasteiger partial charge on any atom is 0.267 e. The molecule has 0 fully saturated rings. The molecule has 0 radical (unpaired) electrons. The van der Waals surface area contributed by atoms with Crippen LogP contribution in [0.2, 0.25) is 0 Å². The van der Waals surface area contributed by atoms with Crippen molar-refractivity contribution >= 4 is 22.5 Å². The molecule has 2 heterocycles. The number of nitrogens with zero attached hydrogens (tertiary/aromatic N) is 2. The molecule has 0 saturated heterocycles. The van der Waals surface area contributed by atoms with Gasteiger partial charge in [0.25, 0.3) is 11.5 Å². The highest BCUT2D eigenvalue weighted by Gasteiger charge is 2.30. The fourth-order valence-electron chi connectivity index (χ4n) is 4.08. The van der Waals surface area contributed by atoms with Gasteiger partial charge in [-0.25, -0.2) is 0 Å². The number of ether oxygens (including phenoxy) is 1. The van der Waals surface area contributed by atoms with Crippen LogP contribution in [-0.2, 0) is 13.5 Å². The van der Waals surface area contributed by atoms with Crippen LogP contribution < -0.4 is 15.2 Å². The molecule has 3 aromatic carbocycles. The van der Waals surface area contributed by atoms with E-state index in [4.69, 9.17) is 4.74 Å². The summed E-state index contributed by atoms with van der Waals surface area (Å²) in [6.45, 7) is 0.468. The Morgan fingerprint density at radius 1 is 0.968 bits per heavy atom. The molecule has 1 N–H and O–H groups in total. The molecule has 1 aliphatic rings. The number of aromatic nitrogens is 1. The van der Waals surface area contributed by atoms with E-state index in [9.17, 15) is 14.7 Å². The standard InChI is InChI=1S/C25H20N2O4/c1-26-21-12-11-18(31-17-8-3-2-4-9-17)15-19(21)23(28)22(24(26)29)25(30)27-14-13-16-7-5-6-10-20(16)27/h2-12,15,28H,13-14H2,1H3. The van der Waals surface area contributed by atoms with Crippen molar-refractivity contribution in [1.29, 1.82) is 0 Å². The first-order valence-electron chi connectivity index (χ1n) is 10.0. The van der Waals surface area contributed by atoms with Crippen LogP contribution in [-0.4, -0.2) is 22.1 Å². The molecular weight excluding hydrogens is 392 g/mol. The Labute approximate surface area is 178 Å². The van der Waals surface area contributed by atoms with Gasteiger partial charge in [0.1, 0.15) is 22.8 Å².